The van der Waals surface area contributed by atoms with Gasteiger partial charge in [0, 0.05) is 18.6 Å². The smallest absolute Gasteiger partial charge is 0.0331 e. The second-order valence-corrected chi connectivity index (χ2v) is 5.76. The van der Waals surface area contributed by atoms with Crippen LogP contribution in [0, 0.1) is 5.92 Å². The maximum atomic E-state index is 6.12. The van der Waals surface area contributed by atoms with E-state index in [1.807, 2.05) is 0 Å². The monoisotopic (exact) mass is 240 g/mol. The second-order valence-electron chi connectivity index (χ2n) is 5.76. The molecule has 0 aromatic heterocycles. The zero-order valence-corrected chi connectivity index (χ0v) is 12.2. The molecule has 0 amide bonds. The Balaban J connectivity index is 2.68. The highest BCUT2D eigenvalue weighted by Gasteiger charge is 2.38. The van der Waals surface area contributed by atoms with Gasteiger partial charge in [-0.25, -0.2) is 0 Å². The topological polar surface area (TPSA) is 29.3 Å². The number of nitrogens with two attached hydrogens (primary N) is 1. The zero-order chi connectivity index (χ0) is 12.7. The molecule has 2 nitrogen and oxygen atoms in total. The van der Waals surface area contributed by atoms with Gasteiger partial charge >= 0.3 is 0 Å². The molecule has 0 atom stereocenters. The van der Waals surface area contributed by atoms with Crippen LogP contribution in [0.4, 0.5) is 0 Å². The summed E-state index contributed by atoms with van der Waals surface area (Å²) in [5, 5.41) is 0. The van der Waals surface area contributed by atoms with Crippen molar-refractivity contribution in [2.24, 2.45) is 11.7 Å². The summed E-state index contributed by atoms with van der Waals surface area (Å²) >= 11 is 0. The summed E-state index contributed by atoms with van der Waals surface area (Å²) in [6.07, 6.45) is 9.25. The zero-order valence-electron chi connectivity index (χ0n) is 12.2. The third-order valence-electron chi connectivity index (χ3n) is 4.71. The van der Waals surface area contributed by atoms with E-state index < -0.39 is 0 Å². The average Bonchev–Trinajstić information content (AvgIpc) is 2.84. The van der Waals surface area contributed by atoms with Gasteiger partial charge in [-0.1, -0.05) is 46.5 Å². The molecule has 0 heterocycles. The first-order valence-corrected chi connectivity index (χ1v) is 7.67. The number of hydrogen-bond acceptors (Lipinski definition) is 2. The lowest BCUT2D eigenvalue weighted by Gasteiger charge is -2.42. The predicted octanol–water partition coefficient (Wildman–Crippen LogP) is 3.41. The van der Waals surface area contributed by atoms with Crippen LogP contribution >= 0.6 is 0 Å². The first-order valence-electron chi connectivity index (χ1n) is 7.67. The van der Waals surface area contributed by atoms with Crippen LogP contribution in [0.25, 0.3) is 0 Å². The van der Waals surface area contributed by atoms with E-state index in [1.165, 1.54) is 58.0 Å². The SMILES string of the molecule is CCCN(CC(CC)CC)C1(CN)CCCC1. The predicted molar refractivity (Wildman–Crippen MR) is 76.2 cm³/mol. The minimum atomic E-state index is 0.346. The fourth-order valence-corrected chi connectivity index (χ4v) is 3.33. The minimum absolute atomic E-state index is 0.346. The summed E-state index contributed by atoms with van der Waals surface area (Å²) in [7, 11) is 0. The van der Waals surface area contributed by atoms with E-state index in [2.05, 4.69) is 25.7 Å². The van der Waals surface area contributed by atoms with E-state index in [1.54, 1.807) is 0 Å². The van der Waals surface area contributed by atoms with Crippen molar-refractivity contribution < 1.29 is 0 Å². The van der Waals surface area contributed by atoms with Gasteiger partial charge in [0.15, 0.2) is 0 Å². The van der Waals surface area contributed by atoms with Crippen LogP contribution in [0.2, 0.25) is 0 Å². The quantitative estimate of drug-likeness (QED) is 0.704. The van der Waals surface area contributed by atoms with Crippen LogP contribution in [0.5, 0.6) is 0 Å². The molecule has 1 saturated carbocycles. The standard InChI is InChI=1S/C15H32N2/c1-4-11-17(12-14(5-2)6-3)15(13-16)9-7-8-10-15/h14H,4-13,16H2,1-3H3. The lowest BCUT2D eigenvalue weighted by molar-refractivity contribution is 0.0778. The van der Waals surface area contributed by atoms with Crippen LogP contribution in [0.1, 0.15) is 65.7 Å². The van der Waals surface area contributed by atoms with Gasteiger partial charge in [0.1, 0.15) is 0 Å². The fraction of sp³-hybridized carbons (Fsp3) is 1.00. The summed E-state index contributed by atoms with van der Waals surface area (Å²) in [6.45, 7) is 10.3. The summed E-state index contributed by atoms with van der Waals surface area (Å²) in [5.41, 5.74) is 6.46. The average molecular weight is 240 g/mol. The van der Waals surface area contributed by atoms with Gasteiger partial charge in [-0.15, -0.1) is 0 Å². The first kappa shape index (κ1) is 15.0. The maximum Gasteiger partial charge on any atom is 0.0331 e. The summed E-state index contributed by atoms with van der Waals surface area (Å²) in [5.74, 6) is 0.852. The van der Waals surface area contributed by atoms with Crippen molar-refractivity contribution in [1.82, 2.24) is 4.90 Å². The molecule has 102 valence electrons. The first-order chi connectivity index (χ1) is 8.22. The summed E-state index contributed by atoms with van der Waals surface area (Å²) in [6, 6.07) is 0. The fourth-order valence-electron chi connectivity index (χ4n) is 3.33. The third-order valence-corrected chi connectivity index (χ3v) is 4.71. The molecule has 1 fully saturated rings. The molecule has 0 aromatic carbocycles. The Bertz CT molecular complexity index is 193. The molecule has 0 saturated heterocycles. The van der Waals surface area contributed by atoms with Crippen molar-refractivity contribution in [1.29, 1.82) is 0 Å². The van der Waals surface area contributed by atoms with Crippen LogP contribution < -0.4 is 5.73 Å². The van der Waals surface area contributed by atoms with Gasteiger partial charge in [0.25, 0.3) is 0 Å². The number of rotatable bonds is 8. The lowest BCUT2D eigenvalue weighted by Crippen LogP contribution is -2.53. The molecule has 17 heavy (non-hydrogen) atoms. The molecule has 0 aromatic rings. The van der Waals surface area contributed by atoms with E-state index in [-0.39, 0.29) is 0 Å². The number of nitrogens with zero attached hydrogens (tertiary/aromatic N) is 1. The molecule has 0 aliphatic heterocycles. The molecular weight excluding hydrogens is 208 g/mol. The molecule has 1 aliphatic carbocycles. The molecule has 1 rings (SSSR count). The van der Waals surface area contributed by atoms with Crippen molar-refractivity contribution in [2.45, 2.75) is 71.3 Å². The second kappa shape index (κ2) is 7.38. The largest absolute Gasteiger partial charge is 0.329 e. The van der Waals surface area contributed by atoms with Gasteiger partial charge in [-0.05, 0) is 31.7 Å². The molecule has 2 N–H and O–H groups in total. The Morgan fingerprint density at radius 3 is 2.12 bits per heavy atom. The van der Waals surface area contributed by atoms with Crippen LogP contribution in [0.15, 0.2) is 0 Å². The highest BCUT2D eigenvalue weighted by molar-refractivity contribution is 4.96. The minimum Gasteiger partial charge on any atom is -0.329 e. The highest BCUT2D eigenvalue weighted by atomic mass is 15.2. The van der Waals surface area contributed by atoms with E-state index in [9.17, 15) is 0 Å². The number of hydrogen-bond donors (Lipinski definition) is 1. The van der Waals surface area contributed by atoms with Crippen LogP contribution in [-0.2, 0) is 0 Å². The summed E-state index contributed by atoms with van der Waals surface area (Å²) < 4.78 is 0. The molecule has 2 heteroatoms. The van der Waals surface area contributed by atoms with Crippen molar-refractivity contribution in [2.75, 3.05) is 19.6 Å². The third kappa shape index (κ3) is 3.69. The van der Waals surface area contributed by atoms with Crippen molar-refractivity contribution in [3.63, 3.8) is 0 Å². The Kier molecular flexibility index (Phi) is 6.50. The van der Waals surface area contributed by atoms with Gasteiger partial charge < -0.3 is 5.73 Å². The van der Waals surface area contributed by atoms with Gasteiger partial charge in [0.2, 0.25) is 0 Å². The molecule has 1 aliphatic rings. The molecular formula is C15H32N2. The molecule has 0 radical (unpaired) electrons. The van der Waals surface area contributed by atoms with Crippen molar-refractivity contribution in [3.8, 4) is 0 Å². The van der Waals surface area contributed by atoms with E-state index in [0.717, 1.165) is 12.5 Å². The maximum absolute atomic E-state index is 6.12. The normalized spacial score (nSPS) is 19.4. The molecule has 0 bridgehead atoms. The van der Waals surface area contributed by atoms with E-state index in [4.69, 9.17) is 5.73 Å². The molecule has 0 spiro atoms. The van der Waals surface area contributed by atoms with Crippen molar-refractivity contribution >= 4 is 0 Å². The summed E-state index contributed by atoms with van der Waals surface area (Å²) in [4.78, 5) is 2.73. The van der Waals surface area contributed by atoms with Gasteiger partial charge in [0.05, 0.1) is 0 Å². The van der Waals surface area contributed by atoms with Gasteiger partial charge in [-0.3, -0.25) is 4.90 Å². The Morgan fingerprint density at radius 2 is 1.71 bits per heavy atom. The molecule has 0 unspecified atom stereocenters. The Hall–Kier alpha value is -0.0800. The lowest BCUT2D eigenvalue weighted by atomic mass is 9.92. The highest BCUT2D eigenvalue weighted by Crippen LogP contribution is 2.35. The van der Waals surface area contributed by atoms with E-state index in [0.29, 0.717) is 5.54 Å². The van der Waals surface area contributed by atoms with Crippen molar-refractivity contribution in [3.05, 3.63) is 0 Å². The van der Waals surface area contributed by atoms with Gasteiger partial charge in [-0.2, -0.15) is 0 Å². The Labute approximate surface area is 108 Å². The van der Waals surface area contributed by atoms with E-state index >= 15 is 0 Å². The Morgan fingerprint density at radius 1 is 1.12 bits per heavy atom. The van der Waals surface area contributed by atoms with Crippen LogP contribution in [0.3, 0.4) is 0 Å². The van der Waals surface area contributed by atoms with Crippen LogP contribution in [-0.4, -0.2) is 30.1 Å².